The van der Waals surface area contributed by atoms with Crippen molar-refractivity contribution in [1.29, 1.82) is 0 Å². The highest BCUT2D eigenvalue weighted by Crippen LogP contribution is 2.20. The molecule has 0 N–H and O–H groups in total. The Hall–Kier alpha value is -3.08. The molecule has 2 aromatic carbocycles. The van der Waals surface area contributed by atoms with E-state index in [0.29, 0.717) is 5.75 Å². The Morgan fingerprint density at radius 3 is 2.31 bits per heavy atom. The summed E-state index contributed by atoms with van der Waals surface area (Å²) in [5, 5.41) is 4.45. The van der Waals surface area contributed by atoms with Crippen molar-refractivity contribution in [2.24, 2.45) is 7.05 Å². The Kier molecular flexibility index (Phi) is 5.07. The summed E-state index contributed by atoms with van der Waals surface area (Å²) in [5.41, 5.74) is 5.39. The molecule has 0 unspecified atom stereocenters. The summed E-state index contributed by atoms with van der Waals surface area (Å²) in [6, 6.07) is 17.0. The van der Waals surface area contributed by atoms with Gasteiger partial charge < -0.3 is 4.74 Å². The van der Waals surface area contributed by atoms with Gasteiger partial charge in [0.1, 0.15) is 5.75 Å². The number of hydrogen-bond donors (Lipinski definition) is 0. The van der Waals surface area contributed by atoms with Crippen LogP contribution in [0.3, 0.4) is 0 Å². The van der Waals surface area contributed by atoms with Crippen molar-refractivity contribution in [3.05, 3.63) is 77.1 Å². The van der Waals surface area contributed by atoms with Gasteiger partial charge in [0, 0.05) is 37.5 Å². The van der Waals surface area contributed by atoms with Crippen LogP contribution in [0.5, 0.6) is 5.75 Å². The number of carbonyl (C=O) groups excluding carboxylic acids is 1. The highest BCUT2D eigenvalue weighted by molar-refractivity contribution is 5.88. The average Bonchev–Trinajstić information content (AvgIpc) is 2.89. The summed E-state index contributed by atoms with van der Waals surface area (Å²) in [6.07, 6.45) is 0.395. The smallest absolute Gasteiger partial charge is 0.410 e. The second kappa shape index (κ2) is 7.44. The van der Waals surface area contributed by atoms with Gasteiger partial charge >= 0.3 is 6.09 Å². The number of carbonyl (C=O) groups is 1. The lowest BCUT2D eigenvalue weighted by Crippen LogP contribution is -2.29. The van der Waals surface area contributed by atoms with E-state index in [2.05, 4.69) is 12.0 Å². The van der Waals surface area contributed by atoms with Crippen molar-refractivity contribution in [2.45, 2.75) is 20.3 Å². The molecule has 0 fully saturated rings. The van der Waals surface area contributed by atoms with Crippen LogP contribution in [0, 0.1) is 13.8 Å². The molecular formula is C21H23N3O2. The normalized spacial score (nSPS) is 10.6. The predicted molar refractivity (Wildman–Crippen MR) is 103 cm³/mol. The summed E-state index contributed by atoms with van der Waals surface area (Å²) in [6.45, 7) is 4.10. The average molecular weight is 349 g/mol. The molecule has 0 saturated carbocycles. The Morgan fingerprint density at radius 2 is 1.73 bits per heavy atom. The van der Waals surface area contributed by atoms with Gasteiger partial charge in [-0.15, -0.1) is 0 Å². The van der Waals surface area contributed by atoms with Gasteiger partial charge in [0.05, 0.1) is 5.69 Å². The van der Waals surface area contributed by atoms with E-state index in [9.17, 15) is 4.79 Å². The van der Waals surface area contributed by atoms with Crippen molar-refractivity contribution in [2.75, 3.05) is 11.9 Å². The lowest BCUT2D eigenvalue weighted by molar-refractivity contribution is 0.209. The Labute approximate surface area is 153 Å². The van der Waals surface area contributed by atoms with E-state index in [1.54, 1.807) is 7.05 Å². The number of aryl methyl sites for hydroxylation is 2. The van der Waals surface area contributed by atoms with Crippen molar-refractivity contribution >= 4 is 11.8 Å². The van der Waals surface area contributed by atoms with Crippen molar-refractivity contribution in [3.8, 4) is 5.75 Å². The molecule has 3 aromatic rings. The van der Waals surface area contributed by atoms with Crippen LogP contribution in [0.25, 0.3) is 0 Å². The summed E-state index contributed by atoms with van der Waals surface area (Å²) >= 11 is 0. The van der Waals surface area contributed by atoms with Crippen LogP contribution < -0.4 is 9.64 Å². The van der Waals surface area contributed by atoms with E-state index in [1.807, 2.05) is 73.3 Å². The summed E-state index contributed by atoms with van der Waals surface area (Å²) < 4.78 is 7.36. The molecule has 0 radical (unpaired) electrons. The van der Waals surface area contributed by atoms with Crippen LogP contribution in [-0.2, 0) is 13.5 Å². The summed E-state index contributed by atoms with van der Waals surface area (Å²) in [7, 11) is 3.65. The Balaban J connectivity index is 1.67. The molecule has 0 spiro atoms. The lowest BCUT2D eigenvalue weighted by atomic mass is 10.0. The molecule has 1 heterocycles. The lowest BCUT2D eigenvalue weighted by Gasteiger charge is -2.16. The quantitative estimate of drug-likeness (QED) is 0.707. The maximum absolute atomic E-state index is 12.3. The number of rotatable bonds is 4. The van der Waals surface area contributed by atoms with Crippen molar-refractivity contribution in [3.63, 3.8) is 0 Å². The van der Waals surface area contributed by atoms with Gasteiger partial charge in [-0.25, -0.2) is 4.79 Å². The van der Waals surface area contributed by atoms with Gasteiger partial charge in [-0.2, -0.15) is 5.10 Å². The molecule has 0 aliphatic carbocycles. The number of nitrogens with zero attached hydrogens (tertiary/aromatic N) is 3. The molecule has 0 aliphatic rings. The predicted octanol–water partition coefficient (Wildman–Crippen LogP) is 4.26. The molecular weight excluding hydrogens is 326 g/mol. The first kappa shape index (κ1) is 17.7. The molecule has 1 aromatic heterocycles. The van der Waals surface area contributed by atoms with E-state index >= 15 is 0 Å². The first-order chi connectivity index (χ1) is 12.5. The summed E-state index contributed by atoms with van der Waals surface area (Å²) in [5.74, 6) is 0.529. The highest BCUT2D eigenvalue weighted by Gasteiger charge is 2.14. The van der Waals surface area contributed by atoms with E-state index in [4.69, 9.17) is 4.74 Å². The van der Waals surface area contributed by atoms with Crippen LogP contribution >= 0.6 is 0 Å². The molecule has 0 atom stereocenters. The van der Waals surface area contributed by atoms with Crippen molar-refractivity contribution < 1.29 is 9.53 Å². The van der Waals surface area contributed by atoms with Gasteiger partial charge in [0.2, 0.25) is 0 Å². The van der Waals surface area contributed by atoms with Crippen molar-refractivity contribution in [1.82, 2.24) is 9.78 Å². The van der Waals surface area contributed by atoms with Crippen LogP contribution in [0.4, 0.5) is 10.5 Å². The topological polar surface area (TPSA) is 47.4 Å². The number of anilines is 1. The largest absolute Gasteiger partial charge is 0.419 e. The third-order valence-corrected chi connectivity index (χ3v) is 4.59. The van der Waals surface area contributed by atoms with Crippen LogP contribution in [-0.4, -0.2) is 22.9 Å². The molecule has 0 aliphatic heterocycles. The fourth-order valence-electron chi connectivity index (χ4n) is 2.88. The number of benzene rings is 2. The van der Waals surface area contributed by atoms with Gasteiger partial charge in [-0.05, 0) is 43.7 Å². The number of aromatic nitrogens is 2. The zero-order valence-electron chi connectivity index (χ0n) is 15.6. The Bertz CT molecular complexity index is 899. The van der Waals surface area contributed by atoms with E-state index < -0.39 is 6.09 Å². The molecule has 26 heavy (non-hydrogen) atoms. The fourth-order valence-corrected chi connectivity index (χ4v) is 2.88. The molecule has 134 valence electrons. The standard InChI is InChI=1S/C21H23N3O2/c1-15-20(16(2)24(4)22-15)14-17-10-12-19(13-11-17)26-21(25)23(3)18-8-6-5-7-9-18/h5-13H,14H2,1-4H3. The zero-order chi connectivity index (χ0) is 18.7. The first-order valence-electron chi connectivity index (χ1n) is 8.54. The minimum absolute atomic E-state index is 0.414. The Morgan fingerprint density at radius 1 is 1.08 bits per heavy atom. The van der Waals surface area contributed by atoms with Crippen LogP contribution in [0.15, 0.2) is 54.6 Å². The fraction of sp³-hybridized carbons (Fsp3) is 0.238. The van der Waals surface area contributed by atoms with Gasteiger partial charge in [-0.3, -0.25) is 9.58 Å². The van der Waals surface area contributed by atoms with Gasteiger partial charge in [0.15, 0.2) is 0 Å². The number of amides is 1. The molecule has 3 rings (SSSR count). The number of ether oxygens (including phenoxy) is 1. The molecule has 0 bridgehead atoms. The van der Waals surface area contributed by atoms with E-state index in [0.717, 1.165) is 23.4 Å². The molecule has 5 heteroatoms. The monoisotopic (exact) mass is 349 g/mol. The van der Waals surface area contributed by atoms with Crippen LogP contribution in [0.2, 0.25) is 0 Å². The van der Waals surface area contributed by atoms with Gasteiger partial charge in [-0.1, -0.05) is 30.3 Å². The minimum atomic E-state index is -0.414. The maximum Gasteiger partial charge on any atom is 0.419 e. The third kappa shape index (κ3) is 3.77. The number of para-hydroxylation sites is 1. The van der Waals surface area contributed by atoms with E-state index in [-0.39, 0.29) is 0 Å². The SMILES string of the molecule is Cc1nn(C)c(C)c1Cc1ccc(OC(=O)N(C)c2ccccc2)cc1. The third-order valence-electron chi connectivity index (χ3n) is 4.59. The zero-order valence-corrected chi connectivity index (χ0v) is 15.6. The second-order valence-corrected chi connectivity index (χ2v) is 6.36. The highest BCUT2D eigenvalue weighted by atomic mass is 16.6. The minimum Gasteiger partial charge on any atom is -0.410 e. The van der Waals surface area contributed by atoms with Crippen LogP contribution in [0.1, 0.15) is 22.5 Å². The number of hydrogen-bond acceptors (Lipinski definition) is 3. The molecule has 0 saturated heterocycles. The molecule has 5 nitrogen and oxygen atoms in total. The first-order valence-corrected chi connectivity index (χ1v) is 8.54. The van der Waals surface area contributed by atoms with E-state index in [1.165, 1.54) is 16.2 Å². The second-order valence-electron chi connectivity index (χ2n) is 6.36. The van der Waals surface area contributed by atoms with Gasteiger partial charge in [0.25, 0.3) is 0 Å². The maximum atomic E-state index is 12.3. The summed E-state index contributed by atoms with van der Waals surface area (Å²) in [4.78, 5) is 13.8. The molecule has 1 amide bonds.